The zero-order chi connectivity index (χ0) is 12.3. The first kappa shape index (κ1) is 14.2. The van der Waals surface area contributed by atoms with Crippen molar-refractivity contribution in [2.75, 3.05) is 0 Å². The second-order valence-corrected chi connectivity index (χ2v) is 9.55. The van der Waals surface area contributed by atoms with Crippen LogP contribution in [0.4, 0.5) is 13.2 Å². The second-order valence-electron chi connectivity index (χ2n) is 4.36. The Morgan fingerprint density at radius 2 is 1.87 bits per heavy atom. The Balaban J connectivity index is 4.19. The quantitative estimate of drug-likeness (QED) is 0.591. The number of aliphatic carboxylic acids is 1. The Kier molecular flexibility index (Phi) is 4.57. The molecule has 0 atom stereocenters. The maximum absolute atomic E-state index is 12.0. The lowest BCUT2D eigenvalue weighted by molar-refractivity contribution is -0.132. The van der Waals surface area contributed by atoms with E-state index in [2.05, 4.69) is 6.58 Å². The van der Waals surface area contributed by atoms with Gasteiger partial charge < -0.3 is 5.11 Å². The molecule has 0 unspecified atom stereocenters. The molecule has 1 N–H and O–H groups in total. The topological polar surface area (TPSA) is 37.3 Å². The zero-order valence-corrected chi connectivity index (χ0v) is 9.82. The fourth-order valence-corrected chi connectivity index (χ4v) is 3.67. The van der Waals surface area contributed by atoms with Crippen molar-refractivity contribution >= 4 is 14.0 Å². The van der Waals surface area contributed by atoms with E-state index in [1.165, 1.54) is 0 Å². The van der Waals surface area contributed by atoms with Crippen LogP contribution in [0.3, 0.4) is 0 Å². The number of carbonyl (C=O) groups is 1. The highest BCUT2D eigenvalue weighted by molar-refractivity contribution is 6.78. The summed E-state index contributed by atoms with van der Waals surface area (Å²) in [5.41, 5.74) is 0.00819. The van der Waals surface area contributed by atoms with Gasteiger partial charge in [-0.05, 0) is 12.1 Å². The van der Waals surface area contributed by atoms with Gasteiger partial charge in [-0.25, -0.2) is 4.79 Å². The first-order valence-electron chi connectivity index (χ1n) is 4.51. The van der Waals surface area contributed by atoms with Gasteiger partial charge in [0.05, 0.1) is 8.07 Å². The maximum Gasteiger partial charge on any atom is 0.388 e. The fourth-order valence-electron chi connectivity index (χ4n) is 1.22. The van der Waals surface area contributed by atoms with Gasteiger partial charge in [-0.15, -0.1) is 0 Å². The standard InChI is InChI=1S/C9H15F3O2Si/c1-7(8(13)14)6-15(2,3)5-4-9(10,11)12/h1,4-6H2,2-3H3,(H,13,14). The summed E-state index contributed by atoms with van der Waals surface area (Å²) in [6.45, 7) is 6.82. The molecule has 2 nitrogen and oxygen atoms in total. The third-order valence-corrected chi connectivity index (χ3v) is 5.07. The minimum atomic E-state index is -4.16. The smallest absolute Gasteiger partial charge is 0.388 e. The molecule has 0 aromatic heterocycles. The average molecular weight is 240 g/mol. The molecule has 15 heavy (non-hydrogen) atoms. The molecule has 0 aliphatic carbocycles. The molecule has 0 spiro atoms. The number of alkyl halides is 3. The highest BCUT2D eigenvalue weighted by Gasteiger charge is 2.32. The van der Waals surface area contributed by atoms with Gasteiger partial charge in [-0.2, -0.15) is 13.2 Å². The van der Waals surface area contributed by atoms with E-state index in [9.17, 15) is 18.0 Å². The molecule has 0 rings (SSSR count). The molecular weight excluding hydrogens is 225 g/mol. The highest BCUT2D eigenvalue weighted by atomic mass is 28.3. The van der Waals surface area contributed by atoms with Crippen LogP contribution >= 0.6 is 0 Å². The van der Waals surface area contributed by atoms with Crippen LogP contribution in [0.2, 0.25) is 25.2 Å². The number of halogens is 3. The van der Waals surface area contributed by atoms with Crippen molar-refractivity contribution < 1.29 is 23.1 Å². The van der Waals surface area contributed by atoms with E-state index in [0.29, 0.717) is 0 Å². The van der Waals surface area contributed by atoms with Crippen LogP contribution in [-0.4, -0.2) is 25.3 Å². The summed E-state index contributed by atoms with van der Waals surface area (Å²) in [4.78, 5) is 10.5. The van der Waals surface area contributed by atoms with Crippen molar-refractivity contribution in [2.45, 2.75) is 37.8 Å². The van der Waals surface area contributed by atoms with Crippen LogP contribution in [0.1, 0.15) is 6.42 Å². The third-order valence-electron chi connectivity index (χ3n) is 2.08. The molecule has 0 aromatic carbocycles. The van der Waals surface area contributed by atoms with Gasteiger partial charge in [-0.3, -0.25) is 0 Å². The summed E-state index contributed by atoms with van der Waals surface area (Å²) >= 11 is 0. The summed E-state index contributed by atoms with van der Waals surface area (Å²) in [5, 5.41) is 8.57. The minimum Gasteiger partial charge on any atom is -0.478 e. The molecule has 0 aliphatic rings. The second kappa shape index (κ2) is 4.83. The molecule has 0 fully saturated rings. The van der Waals surface area contributed by atoms with E-state index < -0.39 is 26.6 Å². The Labute approximate surface area is 87.8 Å². The van der Waals surface area contributed by atoms with Crippen LogP contribution in [0.15, 0.2) is 12.2 Å². The Morgan fingerprint density at radius 1 is 1.40 bits per heavy atom. The van der Waals surface area contributed by atoms with Gasteiger partial charge >= 0.3 is 12.1 Å². The maximum atomic E-state index is 12.0. The van der Waals surface area contributed by atoms with Crippen molar-refractivity contribution in [3.05, 3.63) is 12.2 Å². The lowest BCUT2D eigenvalue weighted by atomic mass is 10.4. The Morgan fingerprint density at radius 3 is 2.20 bits per heavy atom. The van der Waals surface area contributed by atoms with E-state index in [-0.39, 0.29) is 17.7 Å². The monoisotopic (exact) mass is 240 g/mol. The van der Waals surface area contributed by atoms with Crippen molar-refractivity contribution in [1.82, 2.24) is 0 Å². The first-order chi connectivity index (χ1) is 6.53. The van der Waals surface area contributed by atoms with E-state index in [0.717, 1.165) is 0 Å². The van der Waals surface area contributed by atoms with Gasteiger partial charge in [0.2, 0.25) is 0 Å². The molecule has 0 amide bonds. The molecule has 0 aliphatic heterocycles. The van der Waals surface area contributed by atoms with E-state index in [1.54, 1.807) is 13.1 Å². The summed E-state index contributed by atoms with van der Waals surface area (Å²) in [6, 6.07) is 0.251. The van der Waals surface area contributed by atoms with Crippen LogP contribution in [0.25, 0.3) is 0 Å². The number of carboxylic acid groups (broad SMARTS) is 1. The van der Waals surface area contributed by atoms with E-state index >= 15 is 0 Å². The fraction of sp³-hybridized carbons (Fsp3) is 0.667. The van der Waals surface area contributed by atoms with Gasteiger partial charge in [0.1, 0.15) is 0 Å². The third kappa shape index (κ3) is 7.18. The van der Waals surface area contributed by atoms with Crippen LogP contribution in [-0.2, 0) is 4.79 Å². The number of hydrogen-bond acceptors (Lipinski definition) is 1. The lowest BCUT2D eigenvalue weighted by Gasteiger charge is -2.22. The van der Waals surface area contributed by atoms with Crippen molar-refractivity contribution in [2.24, 2.45) is 0 Å². The number of hydrogen-bond donors (Lipinski definition) is 1. The van der Waals surface area contributed by atoms with Crippen LogP contribution in [0, 0.1) is 0 Å². The van der Waals surface area contributed by atoms with Crippen molar-refractivity contribution in [3.8, 4) is 0 Å². The largest absolute Gasteiger partial charge is 0.478 e. The average Bonchev–Trinajstić information content (AvgIpc) is 1.99. The molecule has 0 heterocycles. The van der Waals surface area contributed by atoms with Crippen molar-refractivity contribution in [3.63, 3.8) is 0 Å². The van der Waals surface area contributed by atoms with Gasteiger partial charge in [0.15, 0.2) is 0 Å². The molecule has 0 radical (unpaired) electrons. The van der Waals surface area contributed by atoms with Gasteiger partial charge in [0, 0.05) is 12.0 Å². The first-order valence-corrected chi connectivity index (χ1v) is 7.93. The molecule has 6 heteroatoms. The van der Waals surface area contributed by atoms with Crippen LogP contribution in [0.5, 0.6) is 0 Å². The summed E-state index contributed by atoms with van der Waals surface area (Å²) < 4.78 is 35.9. The van der Waals surface area contributed by atoms with Crippen molar-refractivity contribution in [1.29, 1.82) is 0 Å². The molecule has 0 bridgehead atoms. The van der Waals surface area contributed by atoms with E-state index in [1.807, 2.05) is 0 Å². The Hall–Kier alpha value is -0.783. The highest BCUT2D eigenvalue weighted by Crippen LogP contribution is 2.29. The van der Waals surface area contributed by atoms with Gasteiger partial charge in [0.25, 0.3) is 0 Å². The summed E-state index contributed by atoms with van der Waals surface area (Å²) in [7, 11) is -2.14. The predicted octanol–water partition coefficient (Wildman–Crippen LogP) is 3.29. The lowest BCUT2D eigenvalue weighted by Crippen LogP contribution is -2.29. The SMILES string of the molecule is C=C(C[Si](C)(C)CCC(F)(F)F)C(=O)O. The van der Waals surface area contributed by atoms with E-state index in [4.69, 9.17) is 5.11 Å². The zero-order valence-electron chi connectivity index (χ0n) is 8.82. The molecule has 0 aromatic rings. The summed E-state index contributed by atoms with van der Waals surface area (Å²) in [6.07, 6.45) is -4.99. The molecular formula is C9H15F3O2Si. The number of carboxylic acids is 1. The normalized spacial score (nSPS) is 12.6. The molecule has 0 saturated carbocycles. The summed E-state index contributed by atoms with van der Waals surface area (Å²) in [5.74, 6) is -1.12. The molecule has 0 saturated heterocycles. The van der Waals surface area contributed by atoms with Crippen LogP contribution < -0.4 is 0 Å². The number of rotatable bonds is 5. The minimum absolute atomic E-state index is 0.00819. The molecule has 88 valence electrons. The predicted molar refractivity (Wildman–Crippen MR) is 54.5 cm³/mol. The van der Waals surface area contributed by atoms with Gasteiger partial charge in [-0.1, -0.05) is 19.7 Å². The Bertz CT molecular complexity index is 259.